The molecule has 150 valence electrons. The van der Waals surface area contributed by atoms with E-state index in [-0.39, 0.29) is 11.9 Å². The fourth-order valence-corrected chi connectivity index (χ4v) is 3.89. The van der Waals surface area contributed by atoms with Crippen LogP contribution < -0.4 is 10.2 Å². The minimum Gasteiger partial charge on any atom is -0.315 e. The van der Waals surface area contributed by atoms with Crippen molar-refractivity contribution in [2.75, 3.05) is 18.0 Å². The van der Waals surface area contributed by atoms with Crippen molar-refractivity contribution in [3.63, 3.8) is 0 Å². The number of hydrogen-bond donors (Lipinski definition) is 1. The second-order valence-electron chi connectivity index (χ2n) is 7.02. The van der Waals surface area contributed by atoms with Crippen LogP contribution in [0, 0.1) is 0 Å². The van der Waals surface area contributed by atoms with Crippen LogP contribution in [0.15, 0.2) is 60.9 Å². The van der Waals surface area contributed by atoms with E-state index in [4.69, 9.17) is 11.6 Å². The third-order valence-electron chi connectivity index (χ3n) is 5.15. The van der Waals surface area contributed by atoms with Crippen LogP contribution in [-0.2, 0) is 0 Å². The van der Waals surface area contributed by atoms with Crippen LogP contribution in [-0.4, -0.2) is 50.0 Å². The molecule has 3 aromatic heterocycles. The molecule has 1 aliphatic rings. The van der Waals surface area contributed by atoms with Gasteiger partial charge in [-0.1, -0.05) is 16.8 Å². The Morgan fingerprint density at radius 1 is 1.10 bits per heavy atom. The number of hydrogen-bond acceptors (Lipinski definition) is 6. The maximum Gasteiger partial charge on any atom is 0.259 e. The van der Waals surface area contributed by atoms with Gasteiger partial charge < -0.3 is 5.32 Å². The zero-order valence-corrected chi connectivity index (χ0v) is 16.7. The summed E-state index contributed by atoms with van der Waals surface area (Å²) in [5.41, 5.74) is 2.69. The first kappa shape index (κ1) is 18.7. The predicted molar refractivity (Wildman–Crippen MR) is 114 cm³/mol. The van der Waals surface area contributed by atoms with Gasteiger partial charge in [-0.15, -0.1) is 5.10 Å². The number of carbonyl (C=O) groups is 1. The Balaban J connectivity index is 1.49. The molecule has 8 nitrogen and oxygen atoms in total. The number of nitrogens with one attached hydrogen (secondary N) is 1. The van der Waals surface area contributed by atoms with Gasteiger partial charge in [0.05, 0.1) is 16.8 Å². The molecule has 1 atom stereocenters. The van der Waals surface area contributed by atoms with Gasteiger partial charge >= 0.3 is 0 Å². The predicted octanol–water partition coefficient (Wildman–Crippen LogP) is 2.87. The molecule has 4 aromatic rings. The largest absolute Gasteiger partial charge is 0.315 e. The topological polar surface area (TPSA) is 88.8 Å². The Kier molecular flexibility index (Phi) is 4.86. The van der Waals surface area contributed by atoms with Crippen LogP contribution >= 0.6 is 11.6 Å². The van der Waals surface area contributed by atoms with Gasteiger partial charge in [0.25, 0.3) is 5.91 Å². The summed E-state index contributed by atoms with van der Waals surface area (Å²) >= 11 is 6.37. The Morgan fingerprint density at radius 3 is 2.67 bits per heavy atom. The van der Waals surface area contributed by atoms with Crippen molar-refractivity contribution in [3.8, 4) is 5.69 Å². The monoisotopic (exact) mass is 419 g/mol. The van der Waals surface area contributed by atoms with E-state index in [0.29, 0.717) is 34.1 Å². The Morgan fingerprint density at radius 2 is 1.90 bits per heavy atom. The number of amides is 1. The molecule has 0 saturated carbocycles. The highest BCUT2D eigenvalue weighted by atomic mass is 35.5. The van der Waals surface area contributed by atoms with E-state index in [1.807, 2.05) is 24.3 Å². The smallest absolute Gasteiger partial charge is 0.259 e. The van der Waals surface area contributed by atoms with E-state index < -0.39 is 0 Å². The maximum atomic E-state index is 13.4. The summed E-state index contributed by atoms with van der Waals surface area (Å²) in [6.07, 6.45) is 4.19. The molecule has 1 fully saturated rings. The van der Waals surface area contributed by atoms with E-state index in [0.717, 1.165) is 18.7 Å². The second kappa shape index (κ2) is 7.81. The average Bonchev–Trinajstić information content (AvgIpc) is 3.46. The number of anilines is 1. The Labute approximate surface area is 177 Å². The fourth-order valence-electron chi connectivity index (χ4n) is 3.67. The molecule has 0 radical (unpaired) electrons. The van der Waals surface area contributed by atoms with E-state index in [1.54, 1.807) is 46.2 Å². The molecular formula is C21H18ClN7O. The number of pyridine rings is 2. The van der Waals surface area contributed by atoms with Gasteiger partial charge in [-0.2, -0.15) is 4.68 Å². The molecule has 1 saturated heterocycles. The minimum absolute atomic E-state index is 0.00645. The minimum atomic E-state index is -0.141. The summed E-state index contributed by atoms with van der Waals surface area (Å²) in [7, 11) is 0. The zero-order valence-electron chi connectivity index (χ0n) is 15.9. The first-order valence-electron chi connectivity index (χ1n) is 9.64. The van der Waals surface area contributed by atoms with Crippen molar-refractivity contribution < 1.29 is 4.79 Å². The lowest BCUT2D eigenvalue weighted by molar-refractivity contribution is 0.0977. The lowest BCUT2D eigenvalue weighted by atomic mass is 10.1. The van der Waals surface area contributed by atoms with E-state index in [9.17, 15) is 4.79 Å². The third kappa shape index (κ3) is 3.30. The first-order valence-corrected chi connectivity index (χ1v) is 10.0. The maximum absolute atomic E-state index is 13.4. The molecular weight excluding hydrogens is 402 g/mol. The Bertz CT molecular complexity index is 1200. The highest BCUT2D eigenvalue weighted by Crippen LogP contribution is 2.28. The molecule has 1 aliphatic heterocycles. The molecule has 30 heavy (non-hydrogen) atoms. The van der Waals surface area contributed by atoms with E-state index in [2.05, 4.69) is 25.6 Å². The van der Waals surface area contributed by atoms with Gasteiger partial charge in [0.15, 0.2) is 11.5 Å². The van der Waals surface area contributed by atoms with E-state index >= 15 is 0 Å². The number of carbonyl (C=O) groups excluding carboxylic acids is 1. The number of fused-ring (bicyclic) bond motifs is 1. The molecule has 1 amide bonds. The Hall–Kier alpha value is -3.36. The molecule has 0 aliphatic carbocycles. The van der Waals surface area contributed by atoms with Crippen LogP contribution in [0.5, 0.6) is 0 Å². The number of aromatic nitrogens is 5. The van der Waals surface area contributed by atoms with Crippen molar-refractivity contribution in [1.82, 2.24) is 30.3 Å². The zero-order chi connectivity index (χ0) is 20.5. The van der Waals surface area contributed by atoms with Crippen molar-refractivity contribution in [2.45, 2.75) is 12.5 Å². The summed E-state index contributed by atoms with van der Waals surface area (Å²) in [5, 5.41) is 12.1. The average molecular weight is 420 g/mol. The summed E-state index contributed by atoms with van der Waals surface area (Å²) < 4.78 is 1.65. The fraction of sp³-hybridized carbons (Fsp3) is 0.190. The van der Waals surface area contributed by atoms with Gasteiger partial charge in [0, 0.05) is 24.5 Å². The molecule has 0 spiro atoms. The standard InChI is InChI=1S/C21H18ClN7O/c22-17-3-1-10-24-19(17)28(16-9-12-23-13-16)21(30)14-5-7-15(8-6-14)29-20-18(26-27-29)4-2-11-25-20/h1-8,10-11,16,23H,9,12-13H2/t16-/m1/s1. The van der Waals surface area contributed by atoms with Crippen LogP contribution in [0.25, 0.3) is 16.9 Å². The highest BCUT2D eigenvalue weighted by molar-refractivity contribution is 6.33. The molecule has 5 rings (SSSR count). The van der Waals surface area contributed by atoms with Crippen LogP contribution in [0.4, 0.5) is 5.82 Å². The number of rotatable bonds is 4. The molecule has 0 unspecified atom stereocenters. The molecule has 1 N–H and O–H groups in total. The molecule has 9 heteroatoms. The van der Waals surface area contributed by atoms with Crippen LogP contribution in [0.1, 0.15) is 16.8 Å². The normalized spacial score (nSPS) is 16.1. The van der Waals surface area contributed by atoms with Crippen LogP contribution in [0.3, 0.4) is 0 Å². The number of halogens is 1. The molecule has 4 heterocycles. The van der Waals surface area contributed by atoms with Gasteiger partial charge in [-0.25, -0.2) is 9.97 Å². The summed E-state index contributed by atoms with van der Waals surface area (Å²) in [6.45, 7) is 1.55. The summed E-state index contributed by atoms with van der Waals surface area (Å²) in [6, 6.07) is 14.4. The second-order valence-corrected chi connectivity index (χ2v) is 7.43. The van der Waals surface area contributed by atoms with Crippen molar-refractivity contribution >= 4 is 34.5 Å². The molecule has 0 bridgehead atoms. The van der Waals surface area contributed by atoms with Crippen molar-refractivity contribution in [3.05, 3.63) is 71.5 Å². The van der Waals surface area contributed by atoms with E-state index in [1.165, 1.54) is 0 Å². The van der Waals surface area contributed by atoms with Gasteiger partial charge in [-0.3, -0.25) is 9.69 Å². The summed E-state index contributed by atoms with van der Waals surface area (Å²) in [5.74, 6) is 0.339. The lowest BCUT2D eigenvalue weighted by Gasteiger charge is -2.28. The van der Waals surface area contributed by atoms with Gasteiger partial charge in [-0.05, 0) is 61.5 Å². The van der Waals surface area contributed by atoms with Crippen molar-refractivity contribution in [2.24, 2.45) is 0 Å². The van der Waals surface area contributed by atoms with Crippen LogP contribution in [0.2, 0.25) is 5.02 Å². The highest BCUT2D eigenvalue weighted by Gasteiger charge is 2.31. The number of benzene rings is 1. The van der Waals surface area contributed by atoms with Crippen molar-refractivity contribution in [1.29, 1.82) is 0 Å². The molecule has 1 aromatic carbocycles. The first-order chi connectivity index (χ1) is 14.7. The quantitative estimate of drug-likeness (QED) is 0.547. The SMILES string of the molecule is O=C(c1ccc(-n2nnc3cccnc32)cc1)N(c1ncccc1Cl)[C@@H]1CCNC1. The number of nitrogens with zero attached hydrogens (tertiary/aromatic N) is 6. The third-order valence-corrected chi connectivity index (χ3v) is 5.45. The van der Waals surface area contributed by atoms with Gasteiger partial charge in [0.1, 0.15) is 5.52 Å². The van der Waals surface area contributed by atoms with Gasteiger partial charge in [0.2, 0.25) is 0 Å². The lowest BCUT2D eigenvalue weighted by Crippen LogP contribution is -2.42. The summed E-state index contributed by atoms with van der Waals surface area (Å²) in [4.78, 5) is 23.9.